The van der Waals surface area contributed by atoms with Gasteiger partial charge in [0.2, 0.25) is 5.91 Å². The third-order valence-electron chi connectivity index (χ3n) is 2.89. The first kappa shape index (κ1) is 11.5. The smallest absolute Gasteiger partial charge is 0.222 e. The average molecular weight is 198 g/mol. The molecule has 0 spiro atoms. The fourth-order valence-corrected chi connectivity index (χ4v) is 2.20. The molecule has 0 radical (unpaired) electrons. The molecule has 14 heavy (non-hydrogen) atoms. The molecule has 0 aliphatic carbocycles. The van der Waals surface area contributed by atoms with Crippen molar-refractivity contribution in [2.75, 3.05) is 6.54 Å². The number of hydrogen-bond acceptors (Lipinski definition) is 2. The van der Waals surface area contributed by atoms with Gasteiger partial charge in [-0.15, -0.1) is 0 Å². The second-order valence-electron chi connectivity index (χ2n) is 4.83. The average Bonchev–Trinajstić information content (AvgIpc) is 2.35. The monoisotopic (exact) mass is 198 g/mol. The number of likely N-dealkylation sites (tertiary alicyclic amines) is 1. The van der Waals surface area contributed by atoms with Crippen LogP contribution in [-0.2, 0) is 4.79 Å². The Labute approximate surface area is 86.6 Å². The summed E-state index contributed by atoms with van der Waals surface area (Å²) in [7, 11) is 0. The van der Waals surface area contributed by atoms with E-state index in [0.29, 0.717) is 12.5 Å². The minimum absolute atomic E-state index is 0.179. The van der Waals surface area contributed by atoms with Crippen molar-refractivity contribution in [3.05, 3.63) is 0 Å². The van der Waals surface area contributed by atoms with E-state index in [-0.39, 0.29) is 11.4 Å². The van der Waals surface area contributed by atoms with Crippen LogP contribution in [0, 0.1) is 0 Å². The van der Waals surface area contributed by atoms with Crippen LogP contribution in [0.1, 0.15) is 46.5 Å². The first-order valence-corrected chi connectivity index (χ1v) is 5.54. The molecule has 2 N–H and O–H groups in total. The van der Waals surface area contributed by atoms with Crippen LogP contribution < -0.4 is 5.73 Å². The number of carbonyl (C=O) groups is 1. The molecule has 1 saturated heterocycles. The summed E-state index contributed by atoms with van der Waals surface area (Å²) >= 11 is 0. The lowest BCUT2D eigenvalue weighted by molar-refractivity contribution is -0.132. The lowest BCUT2D eigenvalue weighted by atomic mass is 10.0. The highest BCUT2D eigenvalue weighted by atomic mass is 16.2. The molecule has 1 fully saturated rings. The van der Waals surface area contributed by atoms with E-state index >= 15 is 0 Å². The molecule has 0 aromatic rings. The van der Waals surface area contributed by atoms with Crippen molar-refractivity contribution in [3.8, 4) is 0 Å². The topological polar surface area (TPSA) is 46.3 Å². The molecule has 1 heterocycles. The maximum absolute atomic E-state index is 11.8. The molecule has 1 aliphatic heterocycles. The van der Waals surface area contributed by atoms with E-state index in [4.69, 9.17) is 5.73 Å². The second-order valence-corrected chi connectivity index (χ2v) is 4.83. The number of unbranched alkanes of at least 4 members (excludes halogenated alkanes) is 1. The van der Waals surface area contributed by atoms with Gasteiger partial charge in [-0.25, -0.2) is 0 Å². The summed E-state index contributed by atoms with van der Waals surface area (Å²) in [4.78, 5) is 13.7. The van der Waals surface area contributed by atoms with Crippen LogP contribution >= 0.6 is 0 Å². The van der Waals surface area contributed by atoms with Crippen LogP contribution in [-0.4, -0.2) is 28.9 Å². The van der Waals surface area contributed by atoms with Crippen molar-refractivity contribution in [1.29, 1.82) is 0 Å². The first-order valence-electron chi connectivity index (χ1n) is 5.54. The molecule has 82 valence electrons. The van der Waals surface area contributed by atoms with Gasteiger partial charge in [-0.05, 0) is 26.7 Å². The minimum atomic E-state index is -0.179. The van der Waals surface area contributed by atoms with E-state index in [2.05, 4.69) is 13.8 Å². The third-order valence-corrected chi connectivity index (χ3v) is 2.89. The normalized spacial score (nSPS) is 32.3. The van der Waals surface area contributed by atoms with Gasteiger partial charge in [0.1, 0.15) is 0 Å². The molecule has 3 heteroatoms. The Balaban J connectivity index is 2.49. The molecule has 1 rings (SSSR count). The van der Waals surface area contributed by atoms with Gasteiger partial charge in [-0.3, -0.25) is 4.79 Å². The Morgan fingerprint density at radius 2 is 2.29 bits per heavy atom. The quantitative estimate of drug-likeness (QED) is 0.747. The van der Waals surface area contributed by atoms with Crippen LogP contribution in [0.5, 0.6) is 0 Å². The molecule has 1 amide bonds. The van der Waals surface area contributed by atoms with Crippen molar-refractivity contribution in [2.45, 2.75) is 58.0 Å². The van der Waals surface area contributed by atoms with E-state index in [0.717, 1.165) is 25.8 Å². The third kappa shape index (κ3) is 2.71. The minimum Gasteiger partial charge on any atom is -0.338 e. The summed E-state index contributed by atoms with van der Waals surface area (Å²) in [6.07, 6.45) is 3.67. The molecule has 0 aromatic heterocycles. The number of rotatable bonds is 3. The molecule has 0 saturated carbocycles. The molecule has 0 bridgehead atoms. The fraction of sp³-hybridized carbons (Fsp3) is 0.909. The Bertz CT molecular complexity index is 213. The van der Waals surface area contributed by atoms with Crippen LogP contribution in [0.3, 0.4) is 0 Å². The fourth-order valence-electron chi connectivity index (χ4n) is 2.20. The van der Waals surface area contributed by atoms with Crippen LogP contribution in [0.25, 0.3) is 0 Å². The summed E-state index contributed by atoms with van der Waals surface area (Å²) in [5.74, 6) is 0.272. The van der Waals surface area contributed by atoms with Crippen molar-refractivity contribution in [1.82, 2.24) is 4.90 Å². The van der Waals surface area contributed by atoms with E-state index in [1.807, 2.05) is 11.8 Å². The number of amides is 1. The van der Waals surface area contributed by atoms with Crippen molar-refractivity contribution in [3.63, 3.8) is 0 Å². The molecular weight excluding hydrogens is 176 g/mol. The summed E-state index contributed by atoms with van der Waals surface area (Å²) < 4.78 is 0. The molecule has 0 unspecified atom stereocenters. The highest BCUT2D eigenvalue weighted by molar-refractivity contribution is 5.77. The van der Waals surface area contributed by atoms with Crippen molar-refractivity contribution in [2.24, 2.45) is 5.73 Å². The lowest BCUT2D eigenvalue weighted by Gasteiger charge is -2.22. The number of nitrogens with two attached hydrogens (primary N) is 1. The van der Waals surface area contributed by atoms with E-state index in [1.165, 1.54) is 0 Å². The zero-order valence-corrected chi connectivity index (χ0v) is 9.55. The van der Waals surface area contributed by atoms with Crippen molar-refractivity contribution >= 4 is 5.91 Å². The van der Waals surface area contributed by atoms with Gasteiger partial charge in [0.25, 0.3) is 0 Å². The molecule has 2 atom stereocenters. The van der Waals surface area contributed by atoms with Gasteiger partial charge in [-0.2, -0.15) is 0 Å². The van der Waals surface area contributed by atoms with E-state index in [1.54, 1.807) is 0 Å². The van der Waals surface area contributed by atoms with Gasteiger partial charge >= 0.3 is 0 Å². The maximum atomic E-state index is 11.8. The van der Waals surface area contributed by atoms with Gasteiger partial charge < -0.3 is 10.6 Å². The molecule has 3 nitrogen and oxygen atoms in total. The van der Waals surface area contributed by atoms with Gasteiger partial charge in [0, 0.05) is 24.5 Å². The van der Waals surface area contributed by atoms with Crippen LogP contribution in [0.15, 0.2) is 0 Å². The Hall–Kier alpha value is -0.570. The van der Waals surface area contributed by atoms with Gasteiger partial charge in [0.15, 0.2) is 0 Å². The predicted molar refractivity (Wildman–Crippen MR) is 57.9 cm³/mol. The van der Waals surface area contributed by atoms with E-state index in [9.17, 15) is 4.79 Å². The molecular formula is C11H22N2O. The van der Waals surface area contributed by atoms with Crippen LogP contribution in [0.4, 0.5) is 0 Å². The second kappa shape index (κ2) is 4.30. The number of carbonyl (C=O) groups excluding carboxylic acids is 1. The van der Waals surface area contributed by atoms with Gasteiger partial charge in [0.05, 0.1) is 0 Å². The number of nitrogens with zero attached hydrogens (tertiary/aromatic N) is 1. The number of hydrogen-bond donors (Lipinski definition) is 1. The Kier molecular flexibility index (Phi) is 3.53. The Morgan fingerprint density at radius 3 is 2.71 bits per heavy atom. The lowest BCUT2D eigenvalue weighted by Crippen LogP contribution is -2.41. The predicted octanol–water partition coefficient (Wildman–Crippen LogP) is 1.51. The first-order chi connectivity index (χ1) is 6.46. The van der Waals surface area contributed by atoms with Gasteiger partial charge in [-0.1, -0.05) is 13.3 Å². The van der Waals surface area contributed by atoms with E-state index < -0.39 is 0 Å². The molecule has 0 aromatic carbocycles. The SMILES string of the molecule is CCCCC(=O)N1C[C@@](C)(N)C[C@H]1C. The maximum Gasteiger partial charge on any atom is 0.222 e. The summed E-state index contributed by atoms with van der Waals surface area (Å²) in [6, 6.07) is 0.314. The van der Waals surface area contributed by atoms with Crippen molar-refractivity contribution < 1.29 is 4.79 Å². The zero-order chi connectivity index (χ0) is 10.8. The summed E-state index contributed by atoms with van der Waals surface area (Å²) in [6.45, 7) is 6.93. The zero-order valence-electron chi connectivity index (χ0n) is 9.55. The standard InChI is InChI=1S/C11H22N2O/c1-4-5-6-10(14)13-8-11(3,12)7-9(13)2/h9H,4-8,12H2,1-3H3/t9-,11+/m1/s1. The largest absolute Gasteiger partial charge is 0.338 e. The summed E-state index contributed by atoms with van der Waals surface area (Å²) in [5.41, 5.74) is 5.85. The highest BCUT2D eigenvalue weighted by Crippen LogP contribution is 2.25. The highest BCUT2D eigenvalue weighted by Gasteiger charge is 2.37. The molecule has 1 aliphatic rings. The Morgan fingerprint density at radius 1 is 1.64 bits per heavy atom. The van der Waals surface area contributed by atoms with Crippen LogP contribution in [0.2, 0.25) is 0 Å². The summed E-state index contributed by atoms with van der Waals surface area (Å²) in [5, 5.41) is 0.